The maximum Gasteiger partial charge on any atom is 0.407 e. The van der Waals surface area contributed by atoms with Crippen molar-refractivity contribution >= 4 is 18.0 Å². The molecule has 2 amide bonds. The summed E-state index contributed by atoms with van der Waals surface area (Å²) in [6.07, 6.45) is -0.475. The van der Waals surface area contributed by atoms with Crippen molar-refractivity contribution in [1.82, 2.24) is 10.6 Å². The van der Waals surface area contributed by atoms with E-state index in [1.54, 1.807) is 0 Å². The Morgan fingerprint density at radius 1 is 0.938 bits per heavy atom. The second kappa shape index (κ2) is 10.3. The van der Waals surface area contributed by atoms with Crippen LogP contribution in [0, 0.1) is 5.92 Å². The number of amides is 2. The van der Waals surface area contributed by atoms with Gasteiger partial charge in [0.05, 0.1) is 6.61 Å². The minimum Gasteiger partial charge on any atom is -0.480 e. The van der Waals surface area contributed by atoms with Crippen LogP contribution >= 0.6 is 0 Å². The third-order valence-corrected chi connectivity index (χ3v) is 5.46. The van der Waals surface area contributed by atoms with E-state index in [-0.39, 0.29) is 24.9 Å². The zero-order valence-electron chi connectivity index (χ0n) is 18.1. The summed E-state index contributed by atoms with van der Waals surface area (Å²) in [6.45, 7) is 3.10. The SMILES string of the molecule is CC(C)C[C@H](NC(=O)OCC1c2ccccc2-c2ccccc21)C(=O)NC(CO)C(=O)O. The van der Waals surface area contributed by atoms with Crippen LogP contribution in [0.25, 0.3) is 11.1 Å². The lowest BCUT2D eigenvalue weighted by atomic mass is 9.98. The maximum atomic E-state index is 12.5. The van der Waals surface area contributed by atoms with E-state index in [1.807, 2.05) is 62.4 Å². The largest absolute Gasteiger partial charge is 0.480 e. The normalized spacial score (nSPS) is 14.2. The van der Waals surface area contributed by atoms with Crippen LogP contribution in [-0.4, -0.2) is 53.5 Å². The van der Waals surface area contributed by atoms with Gasteiger partial charge in [-0.25, -0.2) is 9.59 Å². The molecule has 0 saturated carbocycles. The molecule has 1 aliphatic carbocycles. The fourth-order valence-electron chi connectivity index (χ4n) is 3.94. The first kappa shape index (κ1) is 23.3. The highest BCUT2D eigenvalue weighted by Gasteiger charge is 2.30. The minimum absolute atomic E-state index is 0.0528. The number of carbonyl (C=O) groups excluding carboxylic acids is 2. The number of fused-ring (bicyclic) bond motifs is 3. The van der Waals surface area contributed by atoms with E-state index in [2.05, 4.69) is 10.6 Å². The first-order valence-electron chi connectivity index (χ1n) is 10.6. The van der Waals surface area contributed by atoms with Crippen molar-refractivity contribution in [2.45, 2.75) is 38.3 Å². The van der Waals surface area contributed by atoms with Crippen molar-refractivity contribution in [1.29, 1.82) is 0 Å². The molecule has 0 bridgehead atoms. The summed E-state index contributed by atoms with van der Waals surface area (Å²) < 4.78 is 5.48. The van der Waals surface area contributed by atoms with Crippen LogP contribution in [0.1, 0.15) is 37.3 Å². The van der Waals surface area contributed by atoms with Crippen LogP contribution < -0.4 is 10.6 Å². The Balaban J connectivity index is 1.67. The zero-order valence-corrected chi connectivity index (χ0v) is 18.1. The van der Waals surface area contributed by atoms with Crippen LogP contribution in [0.15, 0.2) is 48.5 Å². The number of carboxylic acid groups (broad SMARTS) is 1. The van der Waals surface area contributed by atoms with Gasteiger partial charge >= 0.3 is 12.1 Å². The van der Waals surface area contributed by atoms with Gasteiger partial charge in [-0.1, -0.05) is 62.4 Å². The van der Waals surface area contributed by atoms with Crippen LogP contribution in [0.2, 0.25) is 0 Å². The predicted octanol–water partition coefficient (Wildman–Crippen LogP) is 2.50. The average Bonchev–Trinajstić information content (AvgIpc) is 3.08. The number of alkyl carbamates (subject to hydrolysis) is 1. The lowest BCUT2D eigenvalue weighted by Crippen LogP contribution is -2.53. The molecule has 2 aromatic carbocycles. The van der Waals surface area contributed by atoms with Crippen LogP contribution in [0.4, 0.5) is 4.79 Å². The van der Waals surface area contributed by atoms with Gasteiger partial charge in [0.1, 0.15) is 18.7 Å². The number of ether oxygens (including phenoxy) is 1. The van der Waals surface area contributed by atoms with Crippen molar-refractivity contribution in [2.24, 2.45) is 5.92 Å². The van der Waals surface area contributed by atoms with E-state index >= 15 is 0 Å². The van der Waals surface area contributed by atoms with Gasteiger partial charge in [-0.3, -0.25) is 4.79 Å². The van der Waals surface area contributed by atoms with Gasteiger partial charge in [0.2, 0.25) is 5.91 Å². The molecule has 8 heteroatoms. The smallest absolute Gasteiger partial charge is 0.407 e. The maximum absolute atomic E-state index is 12.5. The fraction of sp³-hybridized carbons (Fsp3) is 0.375. The molecule has 2 atom stereocenters. The number of benzene rings is 2. The summed E-state index contributed by atoms with van der Waals surface area (Å²) in [5.41, 5.74) is 4.37. The standard InChI is InChI=1S/C24H28N2O6/c1-14(2)11-20(22(28)25-21(12-27)23(29)30)26-24(31)32-13-19-17-9-5-3-7-15(17)16-8-4-6-10-18(16)19/h3-10,14,19-21,27H,11-13H2,1-2H3,(H,25,28)(H,26,31)(H,29,30)/t20-,21?/m0/s1. The quantitative estimate of drug-likeness (QED) is 0.475. The molecule has 8 nitrogen and oxygen atoms in total. The van der Waals surface area contributed by atoms with Gasteiger partial charge in [0.25, 0.3) is 0 Å². The molecule has 0 aliphatic heterocycles. The molecule has 0 radical (unpaired) electrons. The van der Waals surface area contributed by atoms with Crippen molar-refractivity contribution < 1.29 is 29.3 Å². The first-order valence-corrected chi connectivity index (χ1v) is 10.6. The van der Waals surface area contributed by atoms with Gasteiger partial charge < -0.3 is 25.6 Å². The van der Waals surface area contributed by atoms with Crippen LogP contribution in [-0.2, 0) is 14.3 Å². The van der Waals surface area contributed by atoms with E-state index in [0.29, 0.717) is 0 Å². The molecule has 0 fully saturated rings. The van der Waals surface area contributed by atoms with Gasteiger partial charge in [0, 0.05) is 5.92 Å². The molecule has 0 aromatic heterocycles. The summed E-state index contributed by atoms with van der Waals surface area (Å²) >= 11 is 0. The lowest BCUT2D eigenvalue weighted by molar-refractivity contribution is -0.143. The average molecular weight is 440 g/mol. The Labute approximate surface area is 186 Å². The number of aliphatic hydroxyl groups excluding tert-OH is 1. The number of carbonyl (C=O) groups is 3. The molecule has 170 valence electrons. The van der Waals surface area contributed by atoms with Crippen molar-refractivity contribution in [3.63, 3.8) is 0 Å². The second-order valence-corrected chi connectivity index (χ2v) is 8.23. The number of aliphatic carboxylic acids is 1. The molecule has 3 rings (SSSR count). The van der Waals surface area contributed by atoms with Gasteiger partial charge in [-0.15, -0.1) is 0 Å². The van der Waals surface area contributed by atoms with E-state index in [4.69, 9.17) is 14.9 Å². The van der Waals surface area contributed by atoms with Crippen LogP contribution in [0.3, 0.4) is 0 Å². The fourth-order valence-corrected chi connectivity index (χ4v) is 3.94. The summed E-state index contributed by atoms with van der Waals surface area (Å²) in [6, 6.07) is 13.5. The Morgan fingerprint density at radius 2 is 1.50 bits per heavy atom. The third kappa shape index (κ3) is 5.26. The lowest BCUT2D eigenvalue weighted by Gasteiger charge is -2.22. The Hall–Kier alpha value is -3.39. The molecule has 1 aliphatic rings. The van der Waals surface area contributed by atoms with E-state index in [0.717, 1.165) is 22.3 Å². The van der Waals surface area contributed by atoms with Gasteiger partial charge in [-0.2, -0.15) is 0 Å². The molecule has 0 saturated heterocycles. The molecule has 0 heterocycles. The van der Waals surface area contributed by atoms with Crippen LogP contribution in [0.5, 0.6) is 0 Å². The second-order valence-electron chi connectivity index (χ2n) is 8.23. The topological polar surface area (TPSA) is 125 Å². The van der Waals surface area contributed by atoms with E-state index < -0.39 is 36.7 Å². The first-order chi connectivity index (χ1) is 15.3. The summed E-state index contributed by atoms with van der Waals surface area (Å²) in [7, 11) is 0. The number of carboxylic acids is 1. The van der Waals surface area contributed by atoms with Gasteiger partial charge in [-0.05, 0) is 34.6 Å². The third-order valence-electron chi connectivity index (χ3n) is 5.46. The van der Waals surface area contributed by atoms with E-state index in [9.17, 15) is 14.4 Å². The van der Waals surface area contributed by atoms with E-state index in [1.165, 1.54) is 0 Å². The molecule has 0 spiro atoms. The summed E-state index contributed by atoms with van der Waals surface area (Å²) in [5.74, 6) is -2.10. The minimum atomic E-state index is -1.44. The molecular formula is C24H28N2O6. The monoisotopic (exact) mass is 440 g/mol. The number of aliphatic hydroxyl groups is 1. The highest BCUT2D eigenvalue weighted by molar-refractivity contribution is 5.89. The predicted molar refractivity (Wildman–Crippen MR) is 118 cm³/mol. The zero-order chi connectivity index (χ0) is 23.3. The number of rotatable bonds is 9. The molecule has 2 aromatic rings. The number of hydrogen-bond acceptors (Lipinski definition) is 5. The molecule has 4 N–H and O–H groups in total. The molecule has 1 unspecified atom stereocenters. The number of nitrogens with one attached hydrogen (secondary N) is 2. The Morgan fingerprint density at radius 3 is 2.00 bits per heavy atom. The number of hydrogen-bond donors (Lipinski definition) is 4. The Kier molecular flexibility index (Phi) is 7.48. The highest BCUT2D eigenvalue weighted by atomic mass is 16.5. The molecular weight excluding hydrogens is 412 g/mol. The highest BCUT2D eigenvalue weighted by Crippen LogP contribution is 2.44. The van der Waals surface area contributed by atoms with Crippen molar-refractivity contribution in [3.8, 4) is 11.1 Å². The summed E-state index contributed by atoms with van der Waals surface area (Å²) in [4.78, 5) is 36.1. The summed E-state index contributed by atoms with van der Waals surface area (Å²) in [5, 5.41) is 23.0. The molecule has 32 heavy (non-hydrogen) atoms. The van der Waals surface area contributed by atoms with Crippen molar-refractivity contribution in [3.05, 3.63) is 59.7 Å². The Bertz CT molecular complexity index is 944. The van der Waals surface area contributed by atoms with Crippen molar-refractivity contribution in [2.75, 3.05) is 13.2 Å². The van der Waals surface area contributed by atoms with Gasteiger partial charge in [0.15, 0.2) is 0 Å².